The van der Waals surface area contributed by atoms with Crippen LogP contribution in [-0.4, -0.2) is 36.6 Å². The van der Waals surface area contributed by atoms with Gasteiger partial charge in [0.05, 0.1) is 5.56 Å². The Labute approximate surface area is 167 Å². The molecule has 0 unspecified atom stereocenters. The van der Waals surface area contributed by atoms with Crippen molar-refractivity contribution in [3.05, 3.63) is 64.7 Å². The highest BCUT2D eigenvalue weighted by Gasteiger charge is 2.30. The number of fused-ring (bicyclic) bond motifs is 1. The number of amides is 1. The highest BCUT2D eigenvalue weighted by molar-refractivity contribution is 6.04. The second-order valence-electron chi connectivity index (χ2n) is 7.58. The van der Waals surface area contributed by atoms with Crippen molar-refractivity contribution in [1.29, 1.82) is 0 Å². The maximum absolute atomic E-state index is 12.7. The molecule has 2 heterocycles. The number of nitrogens with zero attached hydrogens (tertiary/aromatic N) is 1. The zero-order valence-electron chi connectivity index (χ0n) is 16.0. The average Bonchev–Trinajstić information content (AvgIpc) is 2.73. The molecule has 1 fully saturated rings. The molecular formula is C22H23F3N2O2. The molecule has 0 atom stereocenters. The fourth-order valence-corrected chi connectivity index (χ4v) is 4.03. The van der Waals surface area contributed by atoms with E-state index < -0.39 is 17.6 Å². The molecule has 7 heteroatoms. The molecule has 1 amide bonds. The van der Waals surface area contributed by atoms with Gasteiger partial charge in [-0.1, -0.05) is 6.07 Å². The third-order valence-electron chi connectivity index (χ3n) is 5.69. The van der Waals surface area contributed by atoms with Gasteiger partial charge < -0.3 is 10.1 Å². The molecule has 0 spiro atoms. The molecule has 0 aliphatic carbocycles. The normalized spacial score (nSPS) is 18.3. The Morgan fingerprint density at radius 2 is 1.76 bits per heavy atom. The summed E-state index contributed by atoms with van der Waals surface area (Å²) in [6.07, 6.45) is -1.36. The molecule has 4 nitrogen and oxygen atoms in total. The minimum atomic E-state index is -4.41. The summed E-state index contributed by atoms with van der Waals surface area (Å²) in [5.74, 6) is -0.421. The third-order valence-corrected chi connectivity index (χ3v) is 5.69. The first-order chi connectivity index (χ1) is 13.9. The topological polar surface area (TPSA) is 41.6 Å². The summed E-state index contributed by atoms with van der Waals surface area (Å²) in [5.41, 5.74) is 2.55. The molecule has 154 valence electrons. The Hall–Kier alpha value is -2.38. The maximum Gasteiger partial charge on any atom is 0.416 e. The van der Waals surface area contributed by atoms with E-state index in [0.29, 0.717) is 11.7 Å². The van der Waals surface area contributed by atoms with Gasteiger partial charge in [-0.2, -0.15) is 13.2 Å². The molecule has 0 bridgehead atoms. The third kappa shape index (κ3) is 4.62. The van der Waals surface area contributed by atoms with Gasteiger partial charge in [0.15, 0.2) is 0 Å². The Bertz CT molecular complexity index is 875. The first kappa shape index (κ1) is 19.9. The van der Waals surface area contributed by atoms with Crippen molar-refractivity contribution < 1.29 is 22.7 Å². The van der Waals surface area contributed by atoms with Gasteiger partial charge >= 0.3 is 6.18 Å². The number of anilines is 1. The van der Waals surface area contributed by atoms with E-state index in [1.54, 1.807) is 0 Å². The van der Waals surface area contributed by atoms with E-state index in [1.807, 2.05) is 18.2 Å². The molecule has 2 aromatic carbocycles. The summed E-state index contributed by atoms with van der Waals surface area (Å²) >= 11 is 0. The molecule has 2 aliphatic rings. The number of hydrogen-bond donors (Lipinski definition) is 1. The lowest BCUT2D eigenvalue weighted by Crippen LogP contribution is -2.42. The van der Waals surface area contributed by atoms with Crippen LogP contribution < -0.4 is 5.32 Å². The van der Waals surface area contributed by atoms with Crippen molar-refractivity contribution in [2.75, 3.05) is 25.1 Å². The van der Waals surface area contributed by atoms with Gasteiger partial charge in [-0.05, 0) is 66.8 Å². The number of carbonyl (C=O) groups excluding carboxylic acids is 1. The maximum atomic E-state index is 12.7. The standard InChI is InChI=1S/C22H23F3N2O2/c23-22(24,25)18-4-1-16(2-5-18)21(28)26-19-6-3-15-7-10-27(14-17(15)13-19)20-8-11-29-12-9-20/h1-6,13,20H,7-12,14H2,(H,26,28). The summed E-state index contributed by atoms with van der Waals surface area (Å²) < 4.78 is 43.5. The van der Waals surface area contributed by atoms with Crippen molar-refractivity contribution in [3.63, 3.8) is 0 Å². The number of carbonyl (C=O) groups is 1. The zero-order valence-corrected chi connectivity index (χ0v) is 16.0. The van der Waals surface area contributed by atoms with Crippen LogP contribution in [0, 0.1) is 0 Å². The minimum absolute atomic E-state index is 0.194. The van der Waals surface area contributed by atoms with E-state index in [0.717, 1.165) is 57.7 Å². The van der Waals surface area contributed by atoms with Gasteiger partial charge in [0.1, 0.15) is 0 Å². The number of hydrogen-bond acceptors (Lipinski definition) is 3. The largest absolute Gasteiger partial charge is 0.416 e. The van der Waals surface area contributed by atoms with Crippen LogP contribution in [0.25, 0.3) is 0 Å². The average molecular weight is 404 g/mol. The predicted octanol–water partition coefficient (Wildman–Crippen LogP) is 4.49. The second-order valence-corrected chi connectivity index (χ2v) is 7.58. The van der Waals surface area contributed by atoms with Crippen LogP contribution in [0.5, 0.6) is 0 Å². The van der Waals surface area contributed by atoms with Crippen LogP contribution >= 0.6 is 0 Å². The molecule has 1 saturated heterocycles. The van der Waals surface area contributed by atoms with E-state index in [9.17, 15) is 18.0 Å². The molecule has 2 aromatic rings. The second kappa shape index (κ2) is 8.16. The number of ether oxygens (including phenoxy) is 1. The van der Waals surface area contributed by atoms with Gasteiger partial charge in [-0.15, -0.1) is 0 Å². The van der Waals surface area contributed by atoms with E-state index in [1.165, 1.54) is 23.3 Å². The Kier molecular flexibility index (Phi) is 5.61. The lowest BCUT2D eigenvalue weighted by Gasteiger charge is -2.37. The summed E-state index contributed by atoms with van der Waals surface area (Å²) in [6, 6.07) is 10.6. The van der Waals surface area contributed by atoms with Crippen LogP contribution in [0.2, 0.25) is 0 Å². The monoisotopic (exact) mass is 404 g/mol. The quantitative estimate of drug-likeness (QED) is 0.819. The number of halogens is 3. The van der Waals surface area contributed by atoms with E-state index in [4.69, 9.17) is 4.74 Å². The van der Waals surface area contributed by atoms with Crippen molar-refractivity contribution in [1.82, 2.24) is 4.90 Å². The van der Waals surface area contributed by atoms with Crippen molar-refractivity contribution >= 4 is 11.6 Å². The smallest absolute Gasteiger partial charge is 0.381 e. The van der Waals surface area contributed by atoms with E-state index in [2.05, 4.69) is 10.2 Å². The first-order valence-corrected chi connectivity index (χ1v) is 9.82. The first-order valence-electron chi connectivity index (χ1n) is 9.82. The highest BCUT2D eigenvalue weighted by Crippen LogP contribution is 2.30. The van der Waals surface area contributed by atoms with E-state index >= 15 is 0 Å². The predicted molar refractivity (Wildman–Crippen MR) is 104 cm³/mol. The summed E-state index contributed by atoms with van der Waals surface area (Å²) in [4.78, 5) is 14.9. The fourth-order valence-electron chi connectivity index (χ4n) is 4.03. The van der Waals surface area contributed by atoms with Crippen molar-refractivity contribution in [3.8, 4) is 0 Å². The number of alkyl halides is 3. The lowest BCUT2D eigenvalue weighted by molar-refractivity contribution is -0.137. The molecule has 0 aromatic heterocycles. The van der Waals surface area contributed by atoms with Crippen LogP contribution in [0.4, 0.5) is 18.9 Å². The number of rotatable bonds is 3. The van der Waals surface area contributed by atoms with E-state index in [-0.39, 0.29) is 5.56 Å². The zero-order chi connectivity index (χ0) is 20.4. The van der Waals surface area contributed by atoms with Crippen molar-refractivity contribution in [2.24, 2.45) is 0 Å². The SMILES string of the molecule is O=C(Nc1ccc2c(c1)CN(C1CCOCC1)CC2)c1ccc(C(F)(F)F)cc1. The van der Waals surface area contributed by atoms with Gasteiger partial charge in [-0.3, -0.25) is 9.69 Å². The molecule has 1 N–H and O–H groups in total. The highest BCUT2D eigenvalue weighted by atomic mass is 19.4. The molecular weight excluding hydrogens is 381 g/mol. The van der Waals surface area contributed by atoms with Gasteiger partial charge in [0, 0.05) is 43.6 Å². The Balaban J connectivity index is 1.44. The van der Waals surface area contributed by atoms with Crippen LogP contribution in [0.1, 0.15) is 39.9 Å². The van der Waals surface area contributed by atoms with Crippen molar-refractivity contribution in [2.45, 2.75) is 38.0 Å². The lowest BCUT2D eigenvalue weighted by atomic mass is 9.96. The van der Waals surface area contributed by atoms with Gasteiger partial charge in [0.25, 0.3) is 5.91 Å². The minimum Gasteiger partial charge on any atom is -0.381 e. The fraction of sp³-hybridized carbons (Fsp3) is 0.409. The van der Waals surface area contributed by atoms with Crippen LogP contribution in [0.15, 0.2) is 42.5 Å². The Morgan fingerprint density at radius 3 is 2.45 bits per heavy atom. The van der Waals surface area contributed by atoms with Crippen LogP contribution in [-0.2, 0) is 23.9 Å². The number of nitrogens with one attached hydrogen (secondary N) is 1. The Morgan fingerprint density at radius 1 is 1.03 bits per heavy atom. The molecule has 0 radical (unpaired) electrons. The summed E-state index contributed by atoms with van der Waals surface area (Å²) in [5, 5.41) is 2.80. The van der Waals surface area contributed by atoms with Gasteiger partial charge in [-0.25, -0.2) is 0 Å². The van der Waals surface area contributed by atoms with Gasteiger partial charge in [0.2, 0.25) is 0 Å². The molecule has 29 heavy (non-hydrogen) atoms. The molecule has 2 aliphatic heterocycles. The molecule has 4 rings (SSSR count). The number of benzene rings is 2. The summed E-state index contributed by atoms with van der Waals surface area (Å²) in [6.45, 7) is 3.47. The van der Waals surface area contributed by atoms with Crippen LogP contribution in [0.3, 0.4) is 0 Å². The summed E-state index contributed by atoms with van der Waals surface area (Å²) in [7, 11) is 0. The molecule has 0 saturated carbocycles.